The van der Waals surface area contributed by atoms with Crippen molar-refractivity contribution in [3.8, 4) is 0 Å². The smallest absolute Gasteiger partial charge is 0.327 e. The van der Waals surface area contributed by atoms with E-state index < -0.39 is 0 Å². The van der Waals surface area contributed by atoms with Crippen molar-refractivity contribution in [1.82, 2.24) is 5.32 Å². The number of ether oxygens (including phenoxy) is 1. The van der Waals surface area contributed by atoms with Crippen LogP contribution in [0.2, 0.25) is 0 Å². The van der Waals surface area contributed by atoms with Gasteiger partial charge in [-0.1, -0.05) is 24.3 Å². The second kappa shape index (κ2) is 5.72. The van der Waals surface area contributed by atoms with E-state index in [9.17, 15) is 4.79 Å². The van der Waals surface area contributed by atoms with Gasteiger partial charge in [0.25, 0.3) is 0 Å². The number of carbonyl (C=O) groups excluding carboxylic acids is 1. The van der Waals surface area contributed by atoms with Crippen LogP contribution in [0, 0.1) is 0 Å². The molecule has 1 heterocycles. The van der Waals surface area contributed by atoms with Crippen LogP contribution in [0.3, 0.4) is 0 Å². The Hall–Kier alpha value is -1.06. The van der Waals surface area contributed by atoms with Crippen LogP contribution < -0.4 is 5.32 Å². The van der Waals surface area contributed by atoms with E-state index in [-0.39, 0.29) is 30.0 Å². The maximum atomic E-state index is 12.0. The molecule has 0 spiro atoms. The Morgan fingerprint density at radius 3 is 2.78 bits per heavy atom. The Morgan fingerprint density at radius 2 is 2.11 bits per heavy atom. The van der Waals surface area contributed by atoms with Gasteiger partial charge in [-0.3, -0.25) is 5.32 Å². The Bertz CT molecular complexity index is 432. The average molecular weight is 270 g/mol. The molecule has 100 valence electrons. The van der Waals surface area contributed by atoms with Gasteiger partial charge in [-0.2, -0.15) is 0 Å². The highest BCUT2D eigenvalue weighted by Crippen LogP contribution is 2.30. The molecule has 2 rings (SSSR count). The monoisotopic (exact) mass is 269 g/mol. The van der Waals surface area contributed by atoms with Crippen LogP contribution in [0.5, 0.6) is 0 Å². The number of carbonyl (C=O) groups is 1. The number of rotatable bonds is 2. The van der Waals surface area contributed by atoms with E-state index in [1.165, 1.54) is 5.56 Å². The molecule has 3 nitrogen and oxygen atoms in total. The zero-order valence-electron chi connectivity index (χ0n) is 11.0. The summed E-state index contributed by atoms with van der Waals surface area (Å²) in [5.41, 5.74) is 2.20. The number of hydrogen-bond donors (Lipinski definition) is 1. The third kappa shape index (κ3) is 3.03. The summed E-state index contributed by atoms with van der Waals surface area (Å²) in [7, 11) is 0. The molecule has 1 unspecified atom stereocenters. The Morgan fingerprint density at radius 1 is 1.44 bits per heavy atom. The van der Waals surface area contributed by atoms with E-state index in [0.29, 0.717) is 6.61 Å². The molecule has 0 aliphatic carbocycles. The van der Waals surface area contributed by atoms with Crippen LogP contribution in [-0.2, 0) is 16.0 Å². The fourth-order valence-corrected chi connectivity index (χ4v) is 2.38. The van der Waals surface area contributed by atoms with Gasteiger partial charge >= 0.3 is 5.97 Å². The number of benzene rings is 1. The van der Waals surface area contributed by atoms with Gasteiger partial charge in [-0.25, -0.2) is 4.79 Å². The van der Waals surface area contributed by atoms with Crippen molar-refractivity contribution >= 4 is 18.4 Å². The number of halogens is 1. The lowest BCUT2D eigenvalue weighted by molar-refractivity contribution is -0.146. The molecule has 1 aliphatic heterocycles. The van der Waals surface area contributed by atoms with Crippen molar-refractivity contribution in [3.05, 3.63) is 35.4 Å². The van der Waals surface area contributed by atoms with Gasteiger partial charge in [0.1, 0.15) is 6.04 Å². The van der Waals surface area contributed by atoms with Gasteiger partial charge < -0.3 is 4.74 Å². The first-order valence-electron chi connectivity index (χ1n) is 6.05. The number of fused-ring (bicyclic) bond motifs is 1. The highest BCUT2D eigenvalue weighted by Gasteiger charge is 2.35. The summed E-state index contributed by atoms with van der Waals surface area (Å²) in [6, 6.07) is 7.73. The van der Waals surface area contributed by atoms with Crippen molar-refractivity contribution in [1.29, 1.82) is 0 Å². The number of esters is 1. The second-order valence-corrected chi connectivity index (χ2v) is 5.09. The first-order chi connectivity index (χ1) is 8.03. The van der Waals surface area contributed by atoms with Gasteiger partial charge in [0.15, 0.2) is 0 Å². The number of nitrogens with one attached hydrogen (secondary N) is 1. The Kier molecular flexibility index (Phi) is 4.77. The van der Waals surface area contributed by atoms with Crippen molar-refractivity contribution < 1.29 is 9.53 Å². The highest BCUT2D eigenvalue weighted by atomic mass is 35.5. The van der Waals surface area contributed by atoms with Crippen LogP contribution in [0.15, 0.2) is 24.3 Å². The van der Waals surface area contributed by atoms with E-state index >= 15 is 0 Å². The largest absolute Gasteiger partial charge is 0.465 e. The summed E-state index contributed by atoms with van der Waals surface area (Å²) >= 11 is 0. The summed E-state index contributed by atoms with van der Waals surface area (Å²) in [5.74, 6) is -0.187. The van der Waals surface area contributed by atoms with Gasteiger partial charge in [0.2, 0.25) is 0 Å². The van der Waals surface area contributed by atoms with E-state index in [1.54, 1.807) is 0 Å². The van der Waals surface area contributed by atoms with Crippen LogP contribution in [0.4, 0.5) is 0 Å². The summed E-state index contributed by atoms with van der Waals surface area (Å²) in [6.45, 7) is 6.46. The molecule has 1 aromatic carbocycles. The Balaban J connectivity index is 0.00000162. The van der Waals surface area contributed by atoms with Crippen molar-refractivity contribution in [3.63, 3.8) is 0 Å². The molecule has 1 aromatic rings. The molecule has 0 saturated heterocycles. The van der Waals surface area contributed by atoms with Crippen LogP contribution in [-0.4, -0.2) is 18.1 Å². The first-order valence-corrected chi connectivity index (χ1v) is 6.05. The molecule has 18 heavy (non-hydrogen) atoms. The second-order valence-electron chi connectivity index (χ2n) is 5.09. The minimum Gasteiger partial charge on any atom is -0.465 e. The highest BCUT2D eigenvalue weighted by molar-refractivity contribution is 5.85. The maximum Gasteiger partial charge on any atom is 0.327 e. The molecular formula is C14H20ClNO2. The Labute approximate surface area is 114 Å². The summed E-state index contributed by atoms with van der Waals surface area (Å²) in [5, 5.41) is 3.36. The quantitative estimate of drug-likeness (QED) is 0.839. The molecule has 1 atom stereocenters. The lowest BCUT2D eigenvalue weighted by Crippen LogP contribution is -2.50. The molecule has 0 bridgehead atoms. The fraction of sp³-hybridized carbons (Fsp3) is 0.500. The van der Waals surface area contributed by atoms with E-state index in [0.717, 1.165) is 12.0 Å². The minimum atomic E-state index is -0.338. The molecule has 0 aromatic heterocycles. The van der Waals surface area contributed by atoms with Gasteiger partial charge in [-0.15, -0.1) is 12.4 Å². The maximum absolute atomic E-state index is 12.0. The molecule has 1 aliphatic rings. The molecule has 1 N–H and O–H groups in total. The molecule has 0 amide bonds. The van der Waals surface area contributed by atoms with E-state index in [4.69, 9.17) is 4.74 Å². The molecular weight excluding hydrogens is 250 g/mol. The van der Waals surface area contributed by atoms with Crippen LogP contribution in [0.25, 0.3) is 0 Å². The van der Waals surface area contributed by atoms with E-state index in [1.807, 2.05) is 25.1 Å². The standard InChI is InChI=1S/C14H19NO2.ClH/c1-4-17-13(16)12-11-8-6-5-7-10(11)9-14(2,3)15-12;/h5-8,12,15H,4,9H2,1-3H3;1H. The summed E-state index contributed by atoms with van der Waals surface area (Å²) < 4.78 is 5.13. The van der Waals surface area contributed by atoms with E-state index in [2.05, 4.69) is 25.2 Å². The zero-order chi connectivity index (χ0) is 12.5. The predicted molar refractivity (Wildman–Crippen MR) is 74.0 cm³/mol. The SMILES string of the molecule is CCOC(=O)C1NC(C)(C)Cc2ccccc21.Cl. The molecule has 4 heteroatoms. The lowest BCUT2D eigenvalue weighted by atomic mass is 9.84. The van der Waals surface area contributed by atoms with Crippen LogP contribution >= 0.6 is 12.4 Å². The fourth-order valence-electron chi connectivity index (χ4n) is 2.38. The molecule has 0 radical (unpaired) electrons. The number of hydrogen-bond acceptors (Lipinski definition) is 3. The first kappa shape index (κ1) is 15.0. The topological polar surface area (TPSA) is 38.3 Å². The predicted octanol–water partition coefficient (Wildman–Crippen LogP) is 2.64. The zero-order valence-corrected chi connectivity index (χ0v) is 11.8. The third-order valence-electron chi connectivity index (χ3n) is 3.06. The summed E-state index contributed by atoms with van der Waals surface area (Å²) in [4.78, 5) is 12.0. The third-order valence-corrected chi connectivity index (χ3v) is 3.06. The van der Waals surface area contributed by atoms with Crippen molar-refractivity contribution in [2.75, 3.05) is 6.61 Å². The van der Waals surface area contributed by atoms with Gasteiger partial charge in [-0.05, 0) is 38.3 Å². The normalized spacial score (nSPS) is 20.5. The van der Waals surface area contributed by atoms with Crippen LogP contribution in [0.1, 0.15) is 37.9 Å². The summed E-state index contributed by atoms with van der Waals surface area (Å²) in [6.07, 6.45) is 0.930. The molecule has 0 saturated carbocycles. The average Bonchev–Trinajstić information content (AvgIpc) is 2.27. The lowest BCUT2D eigenvalue weighted by Gasteiger charge is -2.37. The van der Waals surface area contributed by atoms with Gasteiger partial charge in [0.05, 0.1) is 6.61 Å². The van der Waals surface area contributed by atoms with Gasteiger partial charge in [0, 0.05) is 5.54 Å². The minimum absolute atomic E-state index is 0. The molecule has 0 fully saturated rings. The van der Waals surface area contributed by atoms with Crippen molar-refractivity contribution in [2.45, 2.75) is 38.8 Å². The van der Waals surface area contributed by atoms with Crippen molar-refractivity contribution in [2.24, 2.45) is 0 Å².